The molecule has 0 unspecified atom stereocenters. The van der Waals surface area contributed by atoms with Crippen LogP contribution in [0.5, 0.6) is 0 Å². The number of carbonyl (C=O) groups is 7. The molecule has 6 N–H and O–H groups in total. The average molecular weight is 1780 g/mol. The largest absolute Gasteiger partial charge is 1.00 e. The van der Waals surface area contributed by atoms with E-state index in [0.717, 1.165) is 115 Å². The number of fused-ring (bicyclic) bond motifs is 3. The van der Waals surface area contributed by atoms with Gasteiger partial charge in [-0.1, -0.05) is 148 Å². The zero-order chi connectivity index (χ0) is 87.6. The van der Waals surface area contributed by atoms with Gasteiger partial charge in [0.15, 0.2) is 16.6 Å². The first kappa shape index (κ1) is 108. The second-order valence-electron chi connectivity index (χ2n) is 31.5. The number of rotatable bonds is 18. The van der Waals surface area contributed by atoms with Crippen molar-refractivity contribution in [3.05, 3.63) is 189 Å². The molecule has 0 aromatic heterocycles. The van der Waals surface area contributed by atoms with Crippen molar-refractivity contribution in [1.29, 1.82) is 0 Å². The topological polar surface area (TPSA) is 270 Å². The number of aliphatic hydroxyl groups excluding tert-OH is 2. The Morgan fingerprint density at radius 3 is 1.12 bits per heavy atom. The Kier molecular flexibility index (Phi) is 48.8. The van der Waals surface area contributed by atoms with Crippen LogP contribution in [0, 0.1) is 0 Å². The van der Waals surface area contributed by atoms with Gasteiger partial charge in [0.2, 0.25) is 23.7 Å². The van der Waals surface area contributed by atoms with E-state index in [9.17, 15) is 38.7 Å². The molecule has 639 valence electrons. The average Bonchev–Trinajstić information content (AvgIpc) is 1.57. The zero-order valence-corrected chi connectivity index (χ0v) is 80.5. The van der Waals surface area contributed by atoms with Crippen molar-refractivity contribution in [2.24, 2.45) is 0 Å². The first-order chi connectivity index (χ1) is 54.4. The molecular formula is C86H121BCl6N6NaO15Si2. The quantitative estimate of drug-likeness (QED) is 0.0202. The van der Waals surface area contributed by atoms with Gasteiger partial charge in [0.1, 0.15) is 6.29 Å². The Morgan fingerprint density at radius 1 is 0.496 bits per heavy atom. The number of likely N-dealkylation sites (N-methyl/N-ethyl adjacent to an activating group) is 2. The van der Waals surface area contributed by atoms with Crippen molar-refractivity contribution < 1.29 is 101 Å². The fourth-order valence-electron chi connectivity index (χ4n) is 13.0. The van der Waals surface area contributed by atoms with Gasteiger partial charge in [-0.2, -0.15) is 0 Å². The number of ether oxygens (including phenoxy) is 1. The summed E-state index contributed by atoms with van der Waals surface area (Å²) in [5.74, 6) is -1.22. The van der Waals surface area contributed by atoms with E-state index in [2.05, 4.69) is 171 Å². The summed E-state index contributed by atoms with van der Waals surface area (Å²) in [5, 5.41) is 32.2. The minimum atomic E-state index is -1.78. The monoisotopic (exact) mass is 1780 g/mol. The molecule has 1 aliphatic heterocycles. The Labute approximate surface area is 749 Å². The van der Waals surface area contributed by atoms with E-state index in [1.54, 1.807) is 6.92 Å². The van der Waals surface area contributed by atoms with E-state index in [0.29, 0.717) is 36.7 Å². The minimum absolute atomic E-state index is 0. The van der Waals surface area contributed by atoms with Crippen LogP contribution in [0.4, 0.5) is 17.1 Å². The van der Waals surface area contributed by atoms with E-state index in [1.807, 2.05) is 80.8 Å². The van der Waals surface area contributed by atoms with Crippen molar-refractivity contribution in [2.45, 2.75) is 207 Å². The van der Waals surface area contributed by atoms with Crippen LogP contribution in [0.15, 0.2) is 109 Å². The van der Waals surface area contributed by atoms with Crippen molar-refractivity contribution in [2.75, 3.05) is 90.3 Å². The van der Waals surface area contributed by atoms with Crippen LogP contribution in [0.2, 0.25) is 66.4 Å². The van der Waals surface area contributed by atoms with E-state index in [4.69, 9.17) is 88.3 Å². The van der Waals surface area contributed by atoms with Crippen LogP contribution in [-0.2, 0) is 61.6 Å². The summed E-state index contributed by atoms with van der Waals surface area (Å²) < 4.78 is 20.5. The number of amides is 3. The molecule has 31 heteroatoms. The number of aliphatic hydroxyl groups is 2. The zero-order valence-electron chi connectivity index (χ0n) is 72.0. The van der Waals surface area contributed by atoms with Crippen LogP contribution < -0.4 is 50.8 Å². The van der Waals surface area contributed by atoms with E-state index in [-0.39, 0.29) is 106 Å². The maximum Gasteiger partial charge on any atom is 1.00 e. The molecule has 3 amide bonds. The van der Waals surface area contributed by atoms with Gasteiger partial charge < -0.3 is 62.6 Å². The van der Waals surface area contributed by atoms with Crippen LogP contribution in [0.25, 0.3) is 0 Å². The van der Waals surface area contributed by atoms with Crippen molar-refractivity contribution in [3.8, 4) is 0 Å². The Hall–Kier alpha value is -5.27. The number of nitrogens with one attached hydrogen (secondary N) is 4. The van der Waals surface area contributed by atoms with E-state index < -0.39 is 34.5 Å². The molecule has 117 heavy (non-hydrogen) atoms. The normalized spacial score (nSPS) is 17.0. The number of carbonyl (C=O) groups excluding carboxylic acids is 7. The number of halogens is 6. The number of nitrogens with zero attached hydrogens (tertiary/aromatic N) is 2. The Morgan fingerprint density at radius 2 is 0.829 bits per heavy atom. The summed E-state index contributed by atoms with van der Waals surface area (Å²) in [5.41, 5.74) is 13.4. The van der Waals surface area contributed by atoms with Gasteiger partial charge in [0.25, 0.3) is 0 Å². The fraction of sp³-hybridized carbons (Fsp3) is 0.500. The van der Waals surface area contributed by atoms with Crippen LogP contribution in [0.1, 0.15) is 220 Å². The molecule has 0 bridgehead atoms. The third-order valence-corrected chi connectivity index (χ3v) is 32.1. The molecule has 3 aliphatic carbocycles. The second-order valence-corrected chi connectivity index (χ2v) is 43.5. The third-order valence-electron chi connectivity index (χ3n) is 20.8. The van der Waals surface area contributed by atoms with Gasteiger partial charge in [-0.05, 0) is 232 Å². The first-order valence-corrected chi connectivity index (χ1v) is 46.7. The number of hydrogen-bond acceptors (Lipinski definition) is 18. The second kappa shape index (κ2) is 52.9. The predicted octanol–water partition coefficient (Wildman–Crippen LogP) is 17.1. The summed E-state index contributed by atoms with van der Waals surface area (Å²) in [6, 6.07) is 36.8. The molecule has 3 radical (unpaired) electrons. The smallest absolute Gasteiger partial charge is 0.793 e. The first-order valence-electron chi connectivity index (χ1n) is 38.7. The van der Waals surface area contributed by atoms with Gasteiger partial charge in [0.05, 0.1) is 43.3 Å². The number of hydrogen-bond donors (Lipinski definition) is 6. The van der Waals surface area contributed by atoms with Gasteiger partial charge in [-0.3, -0.25) is 29.0 Å². The third kappa shape index (κ3) is 36.0. The van der Waals surface area contributed by atoms with E-state index >= 15 is 0 Å². The van der Waals surface area contributed by atoms with Crippen molar-refractivity contribution >= 4 is 153 Å². The maximum absolute atomic E-state index is 11.7. The predicted molar refractivity (Wildman–Crippen MR) is 476 cm³/mol. The van der Waals surface area contributed by atoms with Crippen LogP contribution >= 0.6 is 69.6 Å². The Balaban J connectivity index is 0.000000505. The standard InChI is InChI=1S/C27H38Cl2N2O2Si.C21H24Cl2N2O2.C19H20Cl2N2O.C8H18O2Si.C4H6O4.C4H8O.C2H3BO2.CH4O.Na/c1-18(32)30-20-9-10-22-21(19-8-12-24(28)25(29)16-19)11-13-26(23(22)17-20)31(5)14-15-33-34(6,7)27(2,3)4;1-13(27)24-15-4-5-17-16(14-3-7-19(22)20(23)11-14)6-8-21(18(17)12-15)25(2)9-10-26;1-11(24)23-13-4-5-15-14(6-8-19(22-2)16(15)10-13)12-3-7-17(20)18(21)9-12;1-8(2,3)11(4,5)10-7-6-9;1-3(5)7-8-4(2)6;1-2-4-5-3-1;1-2(4)5-3;1-2;/h8-10,12,16-17,21,26H,11,13-15H2,1-7H3,(H,30,32);3-5,7,11-12,16,21,26H,6,8-10H2,1-2H3,(H,24,27);3-5,7,9-10,14,19,22H,6,8H2,1-2H3,(H,23,24);6H,7H2,1-5H3;1-2H3;1-4H2;1H3;2H,1H3;/q;;;;;;-1;;+1/t21-,26-;16-,21-;14-,19-;;;;;;/m000....../s1. The molecule has 6 atom stereocenters. The van der Waals surface area contributed by atoms with Crippen molar-refractivity contribution in [3.63, 3.8) is 0 Å². The summed E-state index contributed by atoms with van der Waals surface area (Å²) in [7, 11) is 8.05. The number of anilines is 3. The molecule has 0 spiro atoms. The molecule has 6 aromatic rings. The molecule has 6 aromatic carbocycles. The van der Waals surface area contributed by atoms with Gasteiger partial charge in [-0.25, -0.2) is 19.4 Å². The Bertz CT molecular complexity index is 4150. The van der Waals surface area contributed by atoms with Gasteiger partial charge in [0, 0.05) is 135 Å². The van der Waals surface area contributed by atoms with Crippen molar-refractivity contribution in [1.82, 2.24) is 15.1 Å². The molecule has 1 saturated heterocycles. The fourth-order valence-corrected chi connectivity index (χ4v) is 15.8. The number of benzene rings is 6. The van der Waals surface area contributed by atoms with Gasteiger partial charge >= 0.3 is 41.5 Å². The summed E-state index contributed by atoms with van der Waals surface area (Å²) in [4.78, 5) is 85.9. The molecule has 4 aliphatic rings. The minimum Gasteiger partial charge on any atom is -0.793 e. The molecular weight excluding hydrogens is 1660 g/mol. The summed E-state index contributed by atoms with van der Waals surface area (Å²) in [6.07, 6.45) is 9.40. The van der Waals surface area contributed by atoms with E-state index in [1.165, 1.54) is 78.1 Å². The summed E-state index contributed by atoms with van der Waals surface area (Å²) >= 11 is 37.1. The summed E-state index contributed by atoms with van der Waals surface area (Å²) in [6.45, 7) is 34.8. The van der Waals surface area contributed by atoms with Gasteiger partial charge in [-0.15, -0.1) is 0 Å². The molecule has 0 saturated carbocycles. The molecule has 21 nitrogen and oxygen atoms in total. The molecule has 1 heterocycles. The molecule has 1 fully saturated rings. The molecule has 10 rings (SSSR count). The van der Waals surface area contributed by atoms with Crippen LogP contribution in [0.3, 0.4) is 0 Å². The van der Waals surface area contributed by atoms with Crippen LogP contribution in [-0.4, -0.2) is 161 Å². The SMILES string of the molecule is C1CCOC1.CC(=O)Nc1ccc2c(c1)[C@@H](N(C)CCO)CC[C@H]2c1ccc(Cl)c(Cl)c1.CC(=O)Nc1ccc2c(c1)[C@@H](N(C)CCO[Si](C)(C)C(C)(C)C)CC[C@H]2c1ccc(Cl)c(Cl)c1.CC(=O)OOC(C)=O.CC(C)(C)[Si](C)(C)OCC=O.CN[C@H]1CC[C@@H](c2ccc(Cl)c(Cl)c2)c2ccc(NC(C)=O)cc21.CO.[B-]OC(C)=O.[Na+]. The number of aldehydes is 1. The maximum atomic E-state index is 11.7.